The van der Waals surface area contributed by atoms with E-state index in [9.17, 15) is 4.39 Å². The molecule has 0 saturated carbocycles. The molecule has 2 aromatic carbocycles. The minimum Gasteiger partial charge on any atom is -0.383 e. The van der Waals surface area contributed by atoms with E-state index in [2.05, 4.69) is 71.5 Å². The molecule has 1 fully saturated rings. The van der Waals surface area contributed by atoms with Gasteiger partial charge < -0.3 is 15.1 Å². The van der Waals surface area contributed by atoms with Gasteiger partial charge in [0.1, 0.15) is 5.82 Å². The highest BCUT2D eigenvalue weighted by molar-refractivity contribution is 5.52. The third-order valence-electron chi connectivity index (χ3n) is 5.49. The summed E-state index contributed by atoms with van der Waals surface area (Å²) in [5.41, 5.74) is 5.78. The van der Waals surface area contributed by atoms with Gasteiger partial charge in [-0.1, -0.05) is 12.1 Å². The van der Waals surface area contributed by atoms with Gasteiger partial charge in [0.25, 0.3) is 0 Å². The van der Waals surface area contributed by atoms with Crippen LogP contribution in [0.4, 0.5) is 15.8 Å². The zero-order chi connectivity index (χ0) is 22.4. The Kier molecular flexibility index (Phi) is 7.93. The van der Waals surface area contributed by atoms with E-state index < -0.39 is 0 Å². The Labute approximate surface area is 186 Å². The molecule has 0 atom stereocenters. The van der Waals surface area contributed by atoms with Gasteiger partial charge in [0.2, 0.25) is 0 Å². The molecule has 0 radical (unpaired) electrons. The standard InChI is InChI=1S/C25H36FN5/c1-20(16-28(2)3)15-27-25-11-8-23(26)14-22(25)18-31-13-12-30(19-31)17-21-6-9-24(10-7-21)29(4)5/h6-11,14,16,27H,12-13,15,17-19H2,1-5H3/b20-16+. The van der Waals surface area contributed by atoms with E-state index in [1.54, 1.807) is 6.07 Å². The van der Waals surface area contributed by atoms with Gasteiger partial charge in [-0.05, 0) is 60.2 Å². The van der Waals surface area contributed by atoms with Crippen LogP contribution in [0.15, 0.2) is 54.2 Å². The van der Waals surface area contributed by atoms with Crippen molar-refractivity contribution in [3.05, 3.63) is 71.2 Å². The van der Waals surface area contributed by atoms with Crippen molar-refractivity contribution < 1.29 is 4.39 Å². The fourth-order valence-corrected chi connectivity index (χ4v) is 3.95. The minimum atomic E-state index is -0.182. The largest absolute Gasteiger partial charge is 0.383 e. The van der Waals surface area contributed by atoms with Crippen molar-refractivity contribution in [2.24, 2.45) is 0 Å². The van der Waals surface area contributed by atoms with Crippen LogP contribution in [0.25, 0.3) is 0 Å². The minimum absolute atomic E-state index is 0.182. The summed E-state index contributed by atoms with van der Waals surface area (Å²) in [6.07, 6.45) is 2.10. The number of nitrogens with zero attached hydrogens (tertiary/aromatic N) is 4. The quantitative estimate of drug-likeness (QED) is 0.654. The molecule has 168 valence electrons. The third kappa shape index (κ3) is 6.97. The van der Waals surface area contributed by atoms with E-state index in [0.29, 0.717) is 0 Å². The number of rotatable bonds is 9. The van der Waals surface area contributed by atoms with Crippen LogP contribution in [0.3, 0.4) is 0 Å². The highest BCUT2D eigenvalue weighted by Gasteiger charge is 2.21. The van der Waals surface area contributed by atoms with E-state index in [4.69, 9.17) is 0 Å². The number of halogens is 1. The normalized spacial score (nSPS) is 15.4. The molecule has 0 spiro atoms. The van der Waals surface area contributed by atoms with Crippen LogP contribution >= 0.6 is 0 Å². The van der Waals surface area contributed by atoms with E-state index >= 15 is 0 Å². The summed E-state index contributed by atoms with van der Waals surface area (Å²) in [4.78, 5) is 8.98. The lowest BCUT2D eigenvalue weighted by atomic mass is 10.1. The molecular formula is C25H36FN5. The molecule has 5 nitrogen and oxygen atoms in total. The summed E-state index contributed by atoms with van der Waals surface area (Å²) in [6.45, 7) is 7.43. The van der Waals surface area contributed by atoms with Gasteiger partial charge in [0, 0.05) is 72.3 Å². The molecule has 1 aliphatic heterocycles. The van der Waals surface area contributed by atoms with Crippen LogP contribution in [0.1, 0.15) is 18.1 Å². The van der Waals surface area contributed by atoms with Crippen molar-refractivity contribution in [1.29, 1.82) is 0 Å². The Bertz CT molecular complexity index is 876. The second-order valence-electron chi connectivity index (χ2n) is 8.90. The van der Waals surface area contributed by atoms with Gasteiger partial charge in [-0.15, -0.1) is 0 Å². The first-order valence-electron chi connectivity index (χ1n) is 10.9. The maximum absolute atomic E-state index is 14.0. The van der Waals surface area contributed by atoms with Gasteiger partial charge >= 0.3 is 0 Å². The first kappa shape index (κ1) is 23.1. The first-order chi connectivity index (χ1) is 14.8. The lowest BCUT2D eigenvalue weighted by Gasteiger charge is -2.21. The monoisotopic (exact) mass is 425 g/mol. The Morgan fingerprint density at radius 1 is 1.00 bits per heavy atom. The summed E-state index contributed by atoms with van der Waals surface area (Å²) in [5.74, 6) is -0.182. The zero-order valence-electron chi connectivity index (χ0n) is 19.5. The molecule has 3 rings (SSSR count). The molecule has 0 amide bonds. The number of benzene rings is 2. The molecule has 1 N–H and O–H groups in total. The summed E-state index contributed by atoms with van der Waals surface area (Å²) in [5, 5.41) is 3.48. The van der Waals surface area contributed by atoms with Crippen molar-refractivity contribution >= 4 is 11.4 Å². The summed E-state index contributed by atoms with van der Waals surface area (Å²) >= 11 is 0. The van der Waals surface area contributed by atoms with Gasteiger partial charge in [0.15, 0.2) is 0 Å². The molecule has 0 aromatic heterocycles. The first-order valence-corrected chi connectivity index (χ1v) is 10.9. The molecule has 6 heteroatoms. The van der Waals surface area contributed by atoms with Crippen LogP contribution in [0, 0.1) is 5.82 Å². The summed E-state index contributed by atoms with van der Waals surface area (Å²) in [6, 6.07) is 13.8. The maximum Gasteiger partial charge on any atom is 0.123 e. The predicted octanol–water partition coefficient (Wildman–Crippen LogP) is 4.04. The zero-order valence-corrected chi connectivity index (χ0v) is 19.5. The Balaban J connectivity index is 1.58. The molecular weight excluding hydrogens is 389 g/mol. The van der Waals surface area contributed by atoms with E-state index in [1.165, 1.54) is 22.9 Å². The van der Waals surface area contributed by atoms with Crippen molar-refractivity contribution in [1.82, 2.24) is 14.7 Å². The number of nitrogens with one attached hydrogen (secondary N) is 1. The lowest BCUT2D eigenvalue weighted by Crippen LogP contribution is -2.25. The van der Waals surface area contributed by atoms with Crippen LogP contribution in [-0.4, -0.2) is 69.2 Å². The number of anilines is 2. The molecule has 0 unspecified atom stereocenters. The van der Waals surface area contributed by atoms with Crippen molar-refractivity contribution in [2.75, 3.05) is 64.7 Å². The second-order valence-corrected chi connectivity index (χ2v) is 8.90. The molecule has 1 heterocycles. The van der Waals surface area contributed by atoms with Gasteiger partial charge in [-0.3, -0.25) is 9.80 Å². The Morgan fingerprint density at radius 2 is 1.68 bits per heavy atom. The Morgan fingerprint density at radius 3 is 2.32 bits per heavy atom. The molecule has 0 bridgehead atoms. The van der Waals surface area contributed by atoms with Crippen molar-refractivity contribution in [3.63, 3.8) is 0 Å². The number of hydrogen-bond donors (Lipinski definition) is 1. The van der Waals surface area contributed by atoms with Crippen LogP contribution in [0.5, 0.6) is 0 Å². The molecule has 31 heavy (non-hydrogen) atoms. The average Bonchev–Trinajstić information content (AvgIpc) is 3.14. The molecule has 1 saturated heterocycles. The highest BCUT2D eigenvalue weighted by atomic mass is 19.1. The average molecular weight is 426 g/mol. The third-order valence-corrected chi connectivity index (χ3v) is 5.49. The van der Waals surface area contributed by atoms with Crippen LogP contribution < -0.4 is 10.2 Å². The van der Waals surface area contributed by atoms with Gasteiger partial charge in [-0.25, -0.2) is 4.39 Å². The smallest absolute Gasteiger partial charge is 0.123 e. The topological polar surface area (TPSA) is 25.0 Å². The highest BCUT2D eigenvalue weighted by Crippen LogP contribution is 2.22. The fourth-order valence-electron chi connectivity index (χ4n) is 3.95. The van der Waals surface area contributed by atoms with Gasteiger partial charge in [-0.2, -0.15) is 0 Å². The molecule has 1 aliphatic rings. The predicted molar refractivity (Wildman–Crippen MR) is 129 cm³/mol. The SMILES string of the molecule is C/C(=C\N(C)C)CNc1ccc(F)cc1CN1CCN(Cc2ccc(N(C)C)cc2)C1. The number of hydrogen-bond acceptors (Lipinski definition) is 5. The van der Waals surface area contributed by atoms with Crippen molar-refractivity contribution in [3.8, 4) is 0 Å². The maximum atomic E-state index is 14.0. The fraction of sp³-hybridized carbons (Fsp3) is 0.440. The van der Waals surface area contributed by atoms with Gasteiger partial charge in [0.05, 0.1) is 6.67 Å². The van der Waals surface area contributed by atoms with E-state index in [0.717, 1.165) is 50.6 Å². The van der Waals surface area contributed by atoms with E-state index in [-0.39, 0.29) is 5.82 Å². The van der Waals surface area contributed by atoms with Crippen molar-refractivity contribution in [2.45, 2.75) is 20.0 Å². The van der Waals surface area contributed by atoms with E-state index in [1.807, 2.05) is 25.1 Å². The summed E-state index contributed by atoms with van der Waals surface area (Å²) in [7, 11) is 8.15. The summed E-state index contributed by atoms with van der Waals surface area (Å²) < 4.78 is 14.0. The molecule has 2 aromatic rings. The second kappa shape index (κ2) is 10.6. The van der Waals surface area contributed by atoms with Crippen LogP contribution in [0.2, 0.25) is 0 Å². The van der Waals surface area contributed by atoms with Crippen LogP contribution in [-0.2, 0) is 13.1 Å². The Hall–Kier alpha value is -2.57. The lowest BCUT2D eigenvalue weighted by molar-refractivity contribution is 0.235. The molecule has 0 aliphatic carbocycles.